The second-order valence-electron chi connectivity index (χ2n) is 5.47. The molecule has 1 aromatic carbocycles. The highest BCUT2D eigenvalue weighted by Gasteiger charge is 2.29. The van der Waals surface area contributed by atoms with Crippen LogP contribution in [-0.2, 0) is 10.0 Å². The number of hydrogen-bond acceptors (Lipinski definition) is 4. The summed E-state index contributed by atoms with van der Waals surface area (Å²) >= 11 is 0. The van der Waals surface area contributed by atoms with Crippen LogP contribution in [-0.4, -0.2) is 30.8 Å². The van der Waals surface area contributed by atoms with Crippen molar-refractivity contribution >= 4 is 21.1 Å². The van der Waals surface area contributed by atoms with Crippen molar-refractivity contribution < 1.29 is 12.8 Å². The largest absolute Gasteiger partial charge is 0.427 e. The van der Waals surface area contributed by atoms with Gasteiger partial charge in [0.05, 0.1) is 0 Å². The molecule has 0 aliphatic carbocycles. The lowest BCUT2D eigenvalue weighted by Gasteiger charge is -2.18. The maximum absolute atomic E-state index is 12.7. The van der Waals surface area contributed by atoms with E-state index in [4.69, 9.17) is 4.42 Å². The van der Waals surface area contributed by atoms with Crippen molar-refractivity contribution in [2.24, 2.45) is 0 Å². The topological polar surface area (TPSA) is 63.4 Å². The Morgan fingerprint density at radius 3 is 2.24 bits per heavy atom. The first kappa shape index (κ1) is 14.5. The molecule has 3 rings (SSSR count). The fraction of sp³-hybridized carbons (Fsp3) is 0.533. The Morgan fingerprint density at radius 1 is 0.952 bits per heavy atom. The van der Waals surface area contributed by atoms with Gasteiger partial charge in [0.1, 0.15) is 5.52 Å². The first-order chi connectivity index (χ1) is 10.2. The molecule has 21 heavy (non-hydrogen) atoms. The third-order valence-corrected chi connectivity index (χ3v) is 5.56. The standard InChI is InChI=1S/C15H20N2O3S/c18-21(19,17-11-7-3-1-2-4-8-12-17)15-16-13-9-5-6-10-14(13)20-15/h5-6,9-10H,1-4,7-8,11-12H2. The number of aromatic nitrogens is 1. The van der Waals surface area contributed by atoms with E-state index in [1.54, 1.807) is 12.1 Å². The lowest BCUT2D eigenvalue weighted by Crippen LogP contribution is -2.33. The molecule has 6 heteroatoms. The monoisotopic (exact) mass is 308 g/mol. The van der Waals surface area contributed by atoms with E-state index in [9.17, 15) is 8.42 Å². The smallest absolute Gasteiger partial charge is 0.332 e. The summed E-state index contributed by atoms with van der Waals surface area (Å²) in [5, 5.41) is -0.178. The Bertz CT molecular complexity index is 666. The SMILES string of the molecule is O=S(=O)(c1nc2ccccc2o1)N1CCCCCCCC1. The molecule has 0 saturated carbocycles. The van der Waals surface area contributed by atoms with Gasteiger partial charge in [0.15, 0.2) is 5.58 Å². The Hall–Kier alpha value is -1.40. The van der Waals surface area contributed by atoms with Gasteiger partial charge in [-0.3, -0.25) is 0 Å². The number of nitrogens with zero attached hydrogens (tertiary/aromatic N) is 2. The van der Waals surface area contributed by atoms with Crippen LogP contribution in [0, 0.1) is 0 Å². The Kier molecular flexibility index (Phi) is 4.26. The van der Waals surface area contributed by atoms with Crippen LogP contribution in [0.25, 0.3) is 11.1 Å². The summed E-state index contributed by atoms with van der Waals surface area (Å²) in [5.74, 6) is 0. The zero-order valence-corrected chi connectivity index (χ0v) is 12.8. The molecule has 114 valence electrons. The van der Waals surface area contributed by atoms with Gasteiger partial charge in [-0.25, -0.2) is 8.42 Å². The summed E-state index contributed by atoms with van der Waals surface area (Å²) in [7, 11) is -3.62. The molecule has 2 aromatic rings. The molecule has 0 unspecified atom stereocenters. The van der Waals surface area contributed by atoms with E-state index in [1.165, 1.54) is 17.1 Å². The first-order valence-corrected chi connectivity index (χ1v) is 8.98. The molecule has 1 saturated heterocycles. The number of rotatable bonds is 2. The third-order valence-electron chi connectivity index (χ3n) is 3.90. The normalized spacial score (nSPS) is 19.0. The van der Waals surface area contributed by atoms with Crippen LogP contribution in [0.4, 0.5) is 0 Å². The number of benzene rings is 1. The van der Waals surface area contributed by atoms with Crippen LogP contribution in [0.15, 0.2) is 33.9 Å². The van der Waals surface area contributed by atoms with Gasteiger partial charge in [0.25, 0.3) is 10.0 Å². The van der Waals surface area contributed by atoms with E-state index in [-0.39, 0.29) is 5.22 Å². The number of fused-ring (bicyclic) bond motifs is 1. The summed E-state index contributed by atoms with van der Waals surface area (Å²) in [6, 6.07) is 7.13. The summed E-state index contributed by atoms with van der Waals surface area (Å²) < 4.78 is 32.4. The van der Waals surface area contributed by atoms with Gasteiger partial charge in [0, 0.05) is 13.1 Å². The summed E-state index contributed by atoms with van der Waals surface area (Å²) in [6.07, 6.45) is 6.35. The highest BCUT2D eigenvalue weighted by molar-refractivity contribution is 7.88. The zero-order chi connectivity index (χ0) is 14.7. The summed E-state index contributed by atoms with van der Waals surface area (Å²) in [4.78, 5) is 4.14. The van der Waals surface area contributed by atoms with Crippen molar-refractivity contribution in [2.45, 2.75) is 43.7 Å². The molecule has 2 heterocycles. The summed E-state index contributed by atoms with van der Waals surface area (Å²) in [5.41, 5.74) is 1.10. The number of hydrogen-bond donors (Lipinski definition) is 0. The van der Waals surface area contributed by atoms with Crippen LogP contribution >= 0.6 is 0 Å². The minimum Gasteiger partial charge on any atom is -0.427 e. The molecule has 0 amide bonds. The lowest BCUT2D eigenvalue weighted by molar-refractivity contribution is 0.371. The molecule has 1 fully saturated rings. The molecule has 0 bridgehead atoms. The van der Waals surface area contributed by atoms with Gasteiger partial charge in [-0.1, -0.05) is 37.8 Å². The van der Waals surface area contributed by atoms with Crippen molar-refractivity contribution in [1.29, 1.82) is 0 Å². The molecule has 0 N–H and O–H groups in total. The van der Waals surface area contributed by atoms with Crippen molar-refractivity contribution in [1.82, 2.24) is 9.29 Å². The Balaban J connectivity index is 1.90. The van der Waals surface area contributed by atoms with E-state index in [1.807, 2.05) is 12.1 Å². The van der Waals surface area contributed by atoms with Crippen LogP contribution < -0.4 is 0 Å². The van der Waals surface area contributed by atoms with Crippen molar-refractivity contribution in [2.75, 3.05) is 13.1 Å². The lowest BCUT2D eigenvalue weighted by atomic mass is 10.1. The summed E-state index contributed by atoms with van der Waals surface area (Å²) in [6.45, 7) is 1.11. The average molecular weight is 308 g/mol. The number of oxazole rings is 1. The minimum absolute atomic E-state index is 0.178. The van der Waals surface area contributed by atoms with E-state index in [0.29, 0.717) is 24.2 Å². The molecular weight excluding hydrogens is 288 g/mol. The number of sulfonamides is 1. The van der Waals surface area contributed by atoms with E-state index >= 15 is 0 Å². The average Bonchev–Trinajstić information content (AvgIpc) is 2.96. The first-order valence-electron chi connectivity index (χ1n) is 7.54. The van der Waals surface area contributed by atoms with Gasteiger partial charge < -0.3 is 4.42 Å². The van der Waals surface area contributed by atoms with Crippen LogP contribution in [0.2, 0.25) is 0 Å². The van der Waals surface area contributed by atoms with Gasteiger partial charge in [0.2, 0.25) is 0 Å². The predicted molar refractivity (Wildman–Crippen MR) is 80.5 cm³/mol. The zero-order valence-electron chi connectivity index (χ0n) is 12.0. The van der Waals surface area contributed by atoms with Gasteiger partial charge in [-0.2, -0.15) is 9.29 Å². The third kappa shape index (κ3) is 3.11. The second-order valence-corrected chi connectivity index (χ2v) is 7.29. The molecular formula is C15H20N2O3S. The highest BCUT2D eigenvalue weighted by Crippen LogP contribution is 2.23. The molecule has 5 nitrogen and oxygen atoms in total. The van der Waals surface area contributed by atoms with Crippen molar-refractivity contribution in [3.63, 3.8) is 0 Å². The van der Waals surface area contributed by atoms with Gasteiger partial charge in [-0.05, 0) is 25.0 Å². The van der Waals surface area contributed by atoms with Crippen molar-refractivity contribution in [3.05, 3.63) is 24.3 Å². The molecule has 0 radical (unpaired) electrons. The fourth-order valence-corrected chi connectivity index (χ4v) is 4.08. The highest BCUT2D eigenvalue weighted by atomic mass is 32.2. The maximum Gasteiger partial charge on any atom is 0.332 e. The maximum atomic E-state index is 12.7. The minimum atomic E-state index is -3.62. The van der Waals surface area contributed by atoms with E-state index in [2.05, 4.69) is 4.98 Å². The fourth-order valence-electron chi connectivity index (χ4n) is 2.71. The Labute approximate surface area is 125 Å². The van der Waals surface area contributed by atoms with Crippen LogP contribution in [0.1, 0.15) is 38.5 Å². The molecule has 0 spiro atoms. The molecule has 1 aliphatic heterocycles. The van der Waals surface area contributed by atoms with E-state index < -0.39 is 10.0 Å². The Morgan fingerprint density at radius 2 is 1.57 bits per heavy atom. The predicted octanol–water partition coefficient (Wildman–Crippen LogP) is 3.17. The molecule has 1 aromatic heterocycles. The molecule has 0 atom stereocenters. The number of para-hydroxylation sites is 2. The van der Waals surface area contributed by atoms with E-state index in [0.717, 1.165) is 25.7 Å². The van der Waals surface area contributed by atoms with Crippen LogP contribution in [0.5, 0.6) is 0 Å². The van der Waals surface area contributed by atoms with Crippen molar-refractivity contribution in [3.8, 4) is 0 Å². The van der Waals surface area contributed by atoms with Gasteiger partial charge >= 0.3 is 5.22 Å². The second kappa shape index (κ2) is 6.15. The molecule has 1 aliphatic rings. The van der Waals surface area contributed by atoms with Crippen LogP contribution in [0.3, 0.4) is 0 Å². The quantitative estimate of drug-likeness (QED) is 0.855. The van der Waals surface area contributed by atoms with Gasteiger partial charge in [-0.15, -0.1) is 0 Å².